The van der Waals surface area contributed by atoms with E-state index in [9.17, 15) is 9.59 Å². The Balaban J connectivity index is 2.22. The van der Waals surface area contributed by atoms with Crippen LogP contribution in [0.3, 0.4) is 0 Å². The van der Waals surface area contributed by atoms with E-state index in [2.05, 4.69) is 23.1 Å². The van der Waals surface area contributed by atoms with Crippen molar-refractivity contribution in [2.45, 2.75) is 26.7 Å². The van der Waals surface area contributed by atoms with E-state index in [1.807, 2.05) is 13.8 Å². The predicted molar refractivity (Wildman–Crippen MR) is 125 cm³/mol. The molecule has 0 spiro atoms. The molecule has 10 heteroatoms. The number of amides is 2. The average molecular weight is 467 g/mol. The van der Waals surface area contributed by atoms with Crippen LogP contribution in [0.25, 0.3) is 0 Å². The minimum atomic E-state index is -0.155. The van der Waals surface area contributed by atoms with Gasteiger partial charge in [-0.3, -0.25) is 9.59 Å². The SMILES string of the molecule is CCCNC(=O)C1=C(C(=O)NCCC)SC(=C2SC(SC)=C(SC)S2)S1. The van der Waals surface area contributed by atoms with Crippen LogP contribution in [0.2, 0.25) is 0 Å². The molecule has 2 heterocycles. The lowest BCUT2D eigenvalue weighted by atomic mass is 10.4. The second-order valence-electron chi connectivity index (χ2n) is 5.14. The van der Waals surface area contributed by atoms with Gasteiger partial charge in [0.1, 0.15) is 0 Å². The maximum Gasteiger partial charge on any atom is 0.259 e. The van der Waals surface area contributed by atoms with Gasteiger partial charge in [0.05, 0.1) is 26.8 Å². The van der Waals surface area contributed by atoms with Crippen LogP contribution in [0.1, 0.15) is 26.7 Å². The van der Waals surface area contributed by atoms with Gasteiger partial charge >= 0.3 is 0 Å². The van der Waals surface area contributed by atoms with Gasteiger partial charge in [0, 0.05) is 13.1 Å². The zero-order valence-corrected chi connectivity index (χ0v) is 20.0. The van der Waals surface area contributed by atoms with E-state index in [0.717, 1.165) is 21.3 Å². The molecule has 0 radical (unpaired) electrons. The van der Waals surface area contributed by atoms with Crippen molar-refractivity contribution in [2.75, 3.05) is 25.6 Å². The minimum absolute atomic E-state index is 0.155. The molecule has 0 atom stereocenters. The van der Waals surface area contributed by atoms with Crippen molar-refractivity contribution in [1.29, 1.82) is 0 Å². The molecule has 2 rings (SSSR count). The van der Waals surface area contributed by atoms with Crippen molar-refractivity contribution >= 4 is 82.4 Å². The van der Waals surface area contributed by atoms with E-state index in [4.69, 9.17) is 0 Å². The number of carbonyl (C=O) groups is 2. The van der Waals surface area contributed by atoms with Crippen LogP contribution in [0, 0.1) is 0 Å². The standard InChI is InChI=1S/C16H22N2O2S6/c1-5-7-17-11(19)9-10(12(20)18-8-6-2)24-15(23-9)16-25-13(21-3)14(22-4)26-16/h5-8H2,1-4H3,(H,17,19)(H,18,20). The summed E-state index contributed by atoms with van der Waals surface area (Å²) in [6, 6.07) is 0. The highest BCUT2D eigenvalue weighted by Gasteiger charge is 2.34. The fourth-order valence-corrected chi connectivity index (χ4v) is 9.73. The van der Waals surface area contributed by atoms with Crippen molar-refractivity contribution < 1.29 is 9.59 Å². The highest BCUT2D eigenvalue weighted by atomic mass is 32.3. The van der Waals surface area contributed by atoms with Gasteiger partial charge in [-0.1, -0.05) is 60.9 Å². The number of carbonyl (C=O) groups excluding carboxylic acids is 2. The molecule has 144 valence electrons. The third kappa shape index (κ3) is 5.64. The maximum absolute atomic E-state index is 12.6. The van der Waals surface area contributed by atoms with Crippen molar-refractivity contribution in [3.8, 4) is 0 Å². The van der Waals surface area contributed by atoms with E-state index in [1.165, 1.54) is 32.0 Å². The van der Waals surface area contributed by atoms with E-state index in [-0.39, 0.29) is 11.8 Å². The summed E-state index contributed by atoms with van der Waals surface area (Å²) in [6.45, 7) is 5.25. The molecule has 0 bridgehead atoms. The van der Waals surface area contributed by atoms with Crippen molar-refractivity contribution in [1.82, 2.24) is 10.6 Å². The zero-order valence-electron chi connectivity index (χ0n) is 15.1. The fourth-order valence-electron chi connectivity index (χ4n) is 1.92. The lowest BCUT2D eigenvalue weighted by molar-refractivity contribution is -0.119. The molecule has 0 saturated carbocycles. The van der Waals surface area contributed by atoms with Gasteiger partial charge < -0.3 is 10.6 Å². The van der Waals surface area contributed by atoms with Gasteiger partial charge in [0.15, 0.2) is 0 Å². The molecule has 2 N–H and O–H groups in total. The summed E-state index contributed by atoms with van der Waals surface area (Å²) < 4.78 is 4.76. The first kappa shape index (κ1) is 22.5. The zero-order chi connectivity index (χ0) is 19.1. The van der Waals surface area contributed by atoms with E-state index in [1.54, 1.807) is 47.0 Å². The average Bonchev–Trinajstić information content (AvgIpc) is 3.27. The van der Waals surface area contributed by atoms with E-state index < -0.39 is 0 Å². The maximum atomic E-state index is 12.6. The molecule has 0 unspecified atom stereocenters. The Kier molecular flexibility index (Phi) is 9.81. The molecule has 0 aliphatic carbocycles. The van der Waals surface area contributed by atoms with Crippen molar-refractivity contribution in [3.05, 3.63) is 26.8 Å². The summed E-state index contributed by atoms with van der Waals surface area (Å²) >= 11 is 9.80. The molecule has 0 fully saturated rings. The van der Waals surface area contributed by atoms with Crippen LogP contribution < -0.4 is 10.6 Å². The molecule has 2 aliphatic heterocycles. The number of hydrogen-bond acceptors (Lipinski definition) is 8. The quantitative estimate of drug-likeness (QED) is 0.507. The molecule has 4 nitrogen and oxygen atoms in total. The van der Waals surface area contributed by atoms with Crippen LogP contribution >= 0.6 is 70.6 Å². The Labute approximate surface area is 180 Å². The third-order valence-corrected chi connectivity index (χ3v) is 11.5. The second-order valence-corrected chi connectivity index (χ2v) is 11.9. The smallest absolute Gasteiger partial charge is 0.259 e. The molecule has 26 heavy (non-hydrogen) atoms. The molecule has 0 saturated heterocycles. The predicted octanol–water partition coefficient (Wildman–Crippen LogP) is 5.19. The van der Waals surface area contributed by atoms with Crippen molar-refractivity contribution in [3.63, 3.8) is 0 Å². The van der Waals surface area contributed by atoms with Crippen LogP contribution in [0.15, 0.2) is 26.8 Å². The van der Waals surface area contributed by atoms with Gasteiger partial charge in [-0.25, -0.2) is 0 Å². The van der Waals surface area contributed by atoms with Gasteiger partial charge in [0.2, 0.25) is 0 Å². The minimum Gasteiger partial charge on any atom is -0.352 e. The summed E-state index contributed by atoms with van der Waals surface area (Å²) in [5.41, 5.74) is 0. The highest BCUT2D eigenvalue weighted by Crippen LogP contribution is 2.63. The van der Waals surface area contributed by atoms with Crippen LogP contribution in [0.5, 0.6) is 0 Å². The largest absolute Gasteiger partial charge is 0.352 e. The molecule has 0 aromatic heterocycles. The molecular weight excluding hydrogens is 445 g/mol. The van der Waals surface area contributed by atoms with Gasteiger partial charge in [-0.05, 0) is 25.4 Å². The van der Waals surface area contributed by atoms with Gasteiger partial charge in [-0.15, -0.1) is 23.5 Å². The summed E-state index contributed by atoms with van der Waals surface area (Å²) in [5.74, 6) is -0.310. The van der Waals surface area contributed by atoms with Crippen molar-refractivity contribution in [2.24, 2.45) is 0 Å². The topological polar surface area (TPSA) is 58.2 Å². The Bertz CT molecular complexity index is 620. The van der Waals surface area contributed by atoms with Crippen LogP contribution in [-0.2, 0) is 9.59 Å². The lowest BCUT2D eigenvalue weighted by Gasteiger charge is -2.06. The third-order valence-electron chi connectivity index (χ3n) is 3.15. The van der Waals surface area contributed by atoms with Crippen LogP contribution in [0.4, 0.5) is 0 Å². The molecular formula is C16H22N2O2S6. The van der Waals surface area contributed by atoms with Gasteiger partial charge in [0.25, 0.3) is 11.8 Å². The van der Waals surface area contributed by atoms with Crippen LogP contribution in [-0.4, -0.2) is 37.4 Å². The van der Waals surface area contributed by atoms with Gasteiger partial charge in [-0.2, -0.15) is 0 Å². The van der Waals surface area contributed by atoms with E-state index in [0.29, 0.717) is 22.9 Å². The first-order valence-electron chi connectivity index (χ1n) is 8.14. The molecule has 2 aliphatic rings. The lowest BCUT2D eigenvalue weighted by Crippen LogP contribution is -2.29. The molecule has 0 aromatic carbocycles. The Morgan fingerprint density at radius 1 is 0.769 bits per heavy atom. The summed E-state index contributed by atoms with van der Waals surface area (Å²) in [7, 11) is 0. The second kappa shape index (κ2) is 11.3. The first-order chi connectivity index (χ1) is 12.5. The number of rotatable bonds is 8. The Morgan fingerprint density at radius 2 is 1.15 bits per heavy atom. The number of thioether (sulfide) groups is 6. The number of nitrogens with one attached hydrogen (secondary N) is 2. The number of hydrogen-bond donors (Lipinski definition) is 2. The summed E-state index contributed by atoms with van der Waals surface area (Å²) in [5, 5.41) is 5.80. The normalized spacial score (nSPS) is 17.4. The monoisotopic (exact) mass is 466 g/mol. The Morgan fingerprint density at radius 3 is 1.50 bits per heavy atom. The summed E-state index contributed by atoms with van der Waals surface area (Å²) in [4.78, 5) is 26.1. The highest BCUT2D eigenvalue weighted by molar-refractivity contribution is 8.42. The Hall–Kier alpha value is 0.260. The summed E-state index contributed by atoms with van der Waals surface area (Å²) in [6.07, 6.45) is 5.89. The first-order valence-corrected chi connectivity index (χ1v) is 13.9. The fraction of sp³-hybridized carbons (Fsp3) is 0.500. The molecule has 0 aromatic rings. The molecule has 2 amide bonds. The van der Waals surface area contributed by atoms with E-state index >= 15 is 0 Å².